The van der Waals surface area contributed by atoms with Crippen molar-refractivity contribution in [3.8, 4) is 0 Å². The van der Waals surface area contributed by atoms with E-state index in [4.69, 9.17) is 4.74 Å². The van der Waals surface area contributed by atoms with Gasteiger partial charge in [0.15, 0.2) is 0 Å². The van der Waals surface area contributed by atoms with Crippen LogP contribution in [0.15, 0.2) is 48.5 Å². The maximum Gasteiger partial charge on any atom is 0.272 e. The molecule has 0 bridgehead atoms. The molecule has 1 aromatic carbocycles. The lowest BCUT2D eigenvalue weighted by molar-refractivity contribution is 0.0299. The highest BCUT2D eigenvalue weighted by Gasteiger charge is 2.20. The highest BCUT2D eigenvalue weighted by atomic mass is 16.5. The van der Waals surface area contributed by atoms with Crippen molar-refractivity contribution in [3.63, 3.8) is 0 Å². The van der Waals surface area contributed by atoms with Crippen molar-refractivity contribution in [2.24, 2.45) is 0 Å². The van der Waals surface area contributed by atoms with Crippen LogP contribution >= 0.6 is 0 Å². The van der Waals surface area contributed by atoms with E-state index in [2.05, 4.69) is 22.4 Å². The Kier molecular flexibility index (Phi) is 6.33. The molecule has 1 aliphatic rings. The number of hydrogen-bond donors (Lipinski definition) is 1. The Morgan fingerprint density at radius 2 is 1.73 bits per heavy atom. The summed E-state index contributed by atoms with van der Waals surface area (Å²) < 4.78 is 5.26. The van der Waals surface area contributed by atoms with E-state index in [1.54, 1.807) is 23.1 Å². The standard InChI is InChI=1S/C20H23N3O3/c24-19(21-11-5-8-16-6-2-1-3-7-16)17-9-4-10-18(22-17)20(25)23-12-14-26-15-13-23/h1-4,6-7,9-10H,5,8,11-15H2,(H,21,24). The van der Waals surface area contributed by atoms with Crippen molar-refractivity contribution in [3.05, 3.63) is 65.5 Å². The van der Waals surface area contributed by atoms with E-state index in [-0.39, 0.29) is 17.5 Å². The second-order valence-corrected chi connectivity index (χ2v) is 6.16. The van der Waals surface area contributed by atoms with Crippen molar-refractivity contribution in [1.29, 1.82) is 0 Å². The molecule has 0 unspecified atom stereocenters. The molecule has 2 aromatic rings. The zero-order chi connectivity index (χ0) is 18.2. The summed E-state index contributed by atoms with van der Waals surface area (Å²) in [7, 11) is 0. The van der Waals surface area contributed by atoms with E-state index in [0.717, 1.165) is 12.8 Å². The molecule has 0 saturated carbocycles. The highest BCUT2D eigenvalue weighted by molar-refractivity contribution is 5.96. The Balaban J connectivity index is 1.52. The number of carbonyl (C=O) groups excluding carboxylic acids is 2. The minimum Gasteiger partial charge on any atom is -0.378 e. The summed E-state index contributed by atoms with van der Waals surface area (Å²) in [4.78, 5) is 30.7. The molecule has 1 saturated heterocycles. The molecule has 1 N–H and O–H groups in total. The van der Waals surface area contributed by atoms with Crippen molar-refractivity contribution < 1.29 is 14.3 Å². The van der Waals surface area contributed by atoms with Crippen molar-refractivity contribution in [1.82, 2.24) is 15.2 Å². The SMILES string of the molecule is O=C(NCCCc1ccccc1)c1cccc(C(=O)N2CCOCC2)n1. The van der Waals surface area contributed by atoms with Crippen LogP contribution < -0.4 is 5.32 Å². The summed E-state index contributed by atoms with van der Waals surface area (Å²) in [5.74, 6) is -0.415. The number of aromatic nitrogens is 1. The molecule has 6 nitrogen and oxygen atoms in total. The monoisotopic (exact) mass is 353 g/mol. The lowest BCUT2D eigenvalue weighted by Gasteiger charge is -2.26. The van der Waals surface area contributed by atoms with Gasteiger partial charge in [-0.05, 0) is 30.5 Å². The molecule has 0 spiro atoms. The number of pyridine rings is 1. The third-order valence-corrected chi connectivity index (χ3v) is 4.27. The predicted octanol–water partition coefficient (Wildman–Crippen LogP) is 1.92. The Hall–Kier alpha value is -2.73. The summed E-state index contributed by atoms with van der Waals surface area (Å²) in [5, 5.41) is 2.87. The maximum atomic E-state index is 12.5. The van der Waals surface area contributed by atoms with Crippen LogP contribution in [0.4, 0.5) is 0 Å². The molecule has 1 aromatic heterocycles. The molecule has 1 fully saturated rings. The van der Waals surface area contributed by atoms with E-state index >= 15 is 0 Å². The third kappa shape index (κ3) is 4.89. The number of ether oxygens (including phenoxy) is 1. The van der Waals surface area contributed by atoms with Gasteiger partial charge in [0.1, 0.15) is 11.4 Å². The number of nitrogens with one attached hydrogen (secondary N) is 1. The third-order valence-electron chi connectivity index (χ3n) is 4.27. The van der Waals surface area contributed by atoms with Gasteiger partial charge in [-0.1, -0.05) is 36.4 Å². The quantitative estimate of drug-likeness (QED) is 0.806. The number of rotatable bonds is 6. The van der Waals surface area contributed by atoms with Crippen LogP contribution in [0.3, 0.4) is 0 Å². The topological polar surface area (TPSA) is 71.5 Å². The van der Waals surface area contributed by atoms with E-state index in [1.807, 2.05) is 18.2 Å². The van der Waals surface area contributed by atoms with Crippen molar-refractivity contribution in [2.45, 2.75) is 12.8 Å². The van der Waals surface area contributed by atoms with Gasteiger partial charge in [-0.3, -0.25) is 9.59 Å². The van der Waals surface area contributed by atoms with E-state index in [1.165, 1.54) is 5.56 Å². The predicted molar refractivity (Wildman–Crippen MR) is 98.1 cm³/mol. The normalized spacial score (nSPS) is 14.1. The Morgan fingerprint density at radius 1 is 1.00 bits per heavy atom. The van der Waals surface area contributed by atoms with Crippen LogP contribution in [-0.2, 0) is 11.2 Å². The molecule has 3 rings (SSSR count). The van der Waals surface area contributed by atoms with Crippen molar-refractivity contribution >= 4 is 11.8 Å². The first-order valence-electron chi connectivity index (χ1n) is 8.90. The van der Waals surface area contributed by atoms with Crippen LogP contribution in [0, 0.1) is 0 Å². The Morgan fingerprint density at radius 3 is 2.50 bits per heavy atom. The van der Waals surface area contributed by atoms with Gasteiger partial charge in [-0.2, -0.15) is 0 Å². The molecular formula is C20H23N3O3. The van der Waals surface area contributed by atoms with Gasteiger partial charge in [-0.15, -0.1) is 0 Å². The number of morpholine rings is 1. The average molecular weight is 353 g/mol. The second kappa shape index (κ2) is 9.10. The van der Waals surface area contributed by atoms with Gasteiger partial charge in [-0.25, -0.2) is 4.98 Å². The molecule has 136 valence electrons. The molecule has 26 heavy (non-hydrogen) atoms. The molecule has 2 amide bonds. The number of hydrogen-bond acceptors (Lipinski definition) is 4. The Bertz CT molecular complexity index is 743. The highest BCUT2D eigenvalue weighted by Crippen LogP contribution is 2.07. The van der Waals surface area contributed by atoms with Gasteiger partial charge in [0.05, 0.1) is 13.2 Å². The molecule has 6 heteroatoms. The molecule has 2 heterocycles. The lowest BCUT2D eigenvalue weighted by Crippen LogP contribution is -2.41. The summed E-state index contributed by atoms with van der Waals surface area (Å²) in [6.45, 7) is 2.74. The number of carbonyl (C=O) groups is 2. The van der Waals surface area contributed by atoms with Gasteiger partial charge in [0, 0.05) is 19.6 Å². The summed E-state index contributed by atoms with van der Waals surface area (Å²) in [6, 6.07) is 15.1. The zero-order valence-corrected chi connectivity index (χ0v) is 14.7. The molecule has 0 aliphatic carbocycles. The van der Waals surface area contributed by atoms with Gasteiger partial charge < -0.3 is 15.0 Å². The Labute approximate surface area is 153 Å². The smallest absolute Gasteiger partial charge is 0.272 e. The average Bonchev–Trinajstić information content (AvgIpc) is 2.72. The molecular weight excluding hydrogens is 330 g/mol. The van der Waals surface area contributed by atoms with Crippen LogP contribution in [-0.4, -0.2) is 54.5 Å². The van der Waals surface area contributed by atoms with Crippen LogP contribution in [0.1, 0.15) is 33.0 Å². The molecule has 0 radical (unpaired) electrons. The molecule has 1 aliphatic heterocycles. The number of aryl methyl sites for hydroxylation is 1. The van der Waals surface area contributed by atoms with Gasteiger partial charge in [0.25, 0.3) is 11.8 Å². The van der Waals surface area contributed by atoms with E-state index < -0.39 is 0 Å². The first-order chi connectivity index (χ1) is 12.7. The lowest BCUT2D eigenvalue weighted by atomic mass is 10.1. The van der Waals surface area contributed by atoms with Gasteiger partial charge in [0.2, 0.25) is 0 Å². The van der Waals surface area contributed by atoms with Crippen LogP contribution in [0.5, 0.6) is 0 Å². The van der Waals surface area contributed by atoms with E-state index in [9.17, 15) is 9.59 Å². The first-order valence-corrected chi connectivity index (χ1v) is 8.90. The largest absolute Gasteiger partial charge is 0.378 e. The van der Waals surface area contributed by atoms with Crippen LogP contribution in [0.2, 0.25) is 0 Å². The van der Waals surface area contributed by atoms with Crippen LogP contribution in [0.25, 0.3) is 0 Å². The molecule has 0 atom stereocenters. The van der Waals surface area contributed by atoms with Gasteiger partial charge >= 0.3 is 0 Å². The van der Waals surface area contributed by atoms with Crippen molar-refractivity contribution in [2.75, 3.05) is 32.8 Å². The number of nitrogens with zero attached hydrogens (tertiary/aromatic N) is 2. The summed E-state index contributed by atoms with van der Waals surface area (Å²) >= 11 is 0. The zero-order valence-electron chi connectivity index (χ0n) is 14.7. The second-order valence-electron chi connectivity index (χ2n) is 6.16. The fourth-order valence-corrected chi connectivity index (χ4v) is 2.84. The minimum absolute atomic E-state index is 0.160. The number of benzene rings is 1. The summed E-state index contributed by atoms with van der Waals surface area (Å²) in [5.41, 5.74) is 1.81. The fourth-order valence-electron chi connectivity index (χ4n) is 2.84. The fraction of sp³-hybridized carbons (Fsp3) is 0.350. The minimum atomic E-state index is -0.255. The first kappa shape index (κ1) is 18.1. The number of amides is 2. The maximum absolute atomic E-state index is 12.5. The van der Waals surface area contributed by atoms with E-state index in [0.29, 0.717) is 38.5 Å². The summed E-state index contributed by atoms with van der Waals surface area (Å²) in [6.07, 6.45) is 1.76.